The van der Waals surface area contributed by atoms with Gasteiger partial charge in [0.05, 0.1) is 0 Å². The van der Waals surface area contributed by atoms with E-state index in [1.54, 1.807) is 6.92 Å². The summed E-state index contributed by atoms with van der Waals surface area (Å²) in [5.41, 5.74) is 0.340. The molecule has 18 heavy (non-hydrogen) atoms. The Hall–Kier alpha value is -0.270. The van der Waals surface area contributed by atoms with Crippen LogP contribution in [0.4, 0.5) is 4.79 Å². The van der Waals surface area contributed by atoms with Crippen molar-refractivity contribution in [1.82, 2.24) is 0 Å². The van der Waals surface area contributed by atoms with Crippen molar-refractivity contribution in [3.8, 4) is 0 Å². The van der Waals surface area contributed by atoms with Crippen molar-refractivity contribution in [2.24, 2.45) is 0 Å². The molecule has 7 heteroatoms. The highest BCUT2D eigenvalue weighted by Gasteiger charge is 2.19. The van der Waals surface area contributed by atoms with Crippen LogP contribution in [0, 0.1) is 0 Å². The van der Waals surface area contributed by atoms with Crippen LogP contribution in [0.2, 0.25) is 0 Å². The average molecular weight is 308 g/mol. The van der Waals surface area contributed by atoms with E-state index in [-0.39, 0.29) is 18.5 Å². The minimum Gasteiger partial charge on any atom is -0.459 e. The molecule has 0 aromatic rings. The smallest absolute Gasteiger partial charge is 0.367 e. The number of rotatable bonds is 5. The number of esters is 1. The molecule has 1 fully saturated rings. The van der Waals surface area contributed by atoms with Crippen molar-refractivity contribution in [3.63, 3.8) is 0 Å². The second-order valence-electron chi connectivity index (χ2n) is 3.61. The number of hydrogen-bond donors (Lipinski definition) is 0. The fraction of sp³-hybridized carbons (Fsp3) is 0.636. The average Bonchev–Trinajstić information content (AvgIpc) is 2.35. The van der Waals surface area contributed by atoms with Gasteiger partial charge in [-0.15, -0.1) is 23.5 Å². The van der Waals surface area contributed by atoms with Crippen molar-refractivity contribution >= 4 is 46.6 Å². The lowest BCUT2D eigenvalue weighted by molar-refractivity contribution is -0.139. The first-order chi connectivity index (χ1) is 8.59. The minimum atomic E-state index is -0.459. The molecule has 1 aliphatic rings. The van der Waals surface area contributed by atoms with Crippen LogP contribution in [0.15, 0.2) is 12.2 Å². The maximum absolute atomic E-state index is 11.5. The summed E-state index contributed by atoms with van der Waals surface area (Å²) in [6, 6.07) is 0. The van der Waals surface area contributed by atoms with Crippen molar-refractivity contribution in [2.45, 2.75) is 12.2 Å². The molecule has 0 aromatic carbocycles. The Morgan fingerprint density at radius 2 is 1.89 bits per heavy atom. The van der Waals surface area contributed by atoms with Crippen LogP contribution in [0.5, 0.6) is 0 Å². The first-order valence-corrected chi connectivity index (χ1v) is 8.60. The van der Waals surface area contributed by atoms with E-state index in [1.165, 1.54) is 11.8 Å². The van der Waals surface area contributed by atoms with Gasteiger partial charge < -0.3 is 9.47 Å². The molecule has 0 amide bonds. The molecule has 0 bridgehead atoms. The lowest BCUT2D eigenvalue weighted by Crippen LogP contribution is -2.18. The number of thioether (sulfide) groups is 3. The van der Waals surface area contributed by atoms with Gasteiger partial charge in [-0.2, -0.15) is 0 Å². The summed E-state index contributed by atoms with van der Waals surface area (Å²) in [5.74, 6) is 1.51. The standard InChI is InChI=1S/C11H16O4S3/c1-8(2)10(12)14-3-4-15-11(13)18-9-5-16-7-17-6-9/h9H,1,3-7H2,2H3. The number of hydrogen-bond acceptors (Lipinski definition) is 7. The van der Waals surface area contributed by atoms with Gasteiger partial charge in [0.1, 0.15) is 13.2 Å². The Bertz CT molecular complexity index is 313. The third-order valence-corrected chi connectivity index (χ3v) is 5.93. The summed E-state index contributed by atoms with van der Waals surface area (Å²) in [6.45, 7) is 5.20. The highest BCUT2D eigenvalue weighted by atomic mass is 32.2. The van der Waals surface area contributed by atoms with E-state index in [0.717, 1.165) is 16.6 Å². The molecule has 1 rings (SSSR count). The highest BCUT2D eigenvalue weighted by molar-refractivity contribution is 8.20. The van der Waals surface area contributed by atoms with E-state index in [1.807, 2.05) is 23.5 Å². The molecule has 0 aromatic heterocycles. The maximum Gasteiger partial charge on any atom is 0.367 e. The SMILES string of the molecule is C=C(C)C(=O)OCCOC(=O)SC1CSCSC1. The van der Waals surface area contributed by atoms with Gasteiger partial charge in [-0.05, 0) is 18.7 Å². The molecular weight excluding hydrogens is 292 g/mol. The van der Waals surface area contributed by atoms with Crippen LogP contribution in [-0.4, -0.2) is 46.3 Å². The second-order valence-corrected chi connectivity index (χ2v) is 7.28. The number of ether oxygens (including phenoxy) is 2. The van der Waals surface area contributed by atoms with Crippen molar-refractivity contribution in [3.05, 3.63) is 12.2 Å². The lowest BCUT2D eigenvalue weighted by Gasteiger charge is -2.19. The molecule has 0 spiro atoms. The summed E-state index contributed by atoms with van der Waals surface area (Å²) in [4.78, 5) is 22.5. The first kappa shape index (κ1) is 15.8. The van der Waals surface area contributed by atoms with Gasteiger partial charge in [0.2, 0.25) is 0 Å². The van der Waals surface area contributed by atoms with Gasteiger partial charge in [-0.3, -0.25) is 0 Å². The Balaban J connectivity index is 2.06. The third kappa shape index (κ3) is 6.61. The summed E-state index contributed by atoms with van der Waals surface area (Å²) in [7, 11) is 0. The third-order valence-electron chi connectivity index (χ3n) is 1.92. The summed E-state index contributed by atoms with van der Waals surface area (Å²) in [6.07, 6.45) is 0. The molecule has 1 heterocycles. The van der Waals surface area contributed by atoms with Gasteiger partial charge in [0.25, 0.3) is 0 Å². The normalized spacial score (nSPS) is 16.1. The van der Waals surface area contributed by atoms with Gasteiger partial charge >= 0.3 is 11.3 Å². The quantitative estimate of drug-likeness (QED) is 0.440. The van der Waals surface area contributed by atoms with Gasteiger partial charge in [0.15, 0.2) is 0 Å². The zero-order valence-electron chi connectivity index (χ0n) is 10.2. The topological polar surface area (TPSA) is 52.6 Å². The number of carbonyl (C=O) groups excluding carboxylic acids is 2. The van der Waals surface area contributed by atoms with Crippen molar-refractivity contribution < 1.29 is 19.1 Å². The zero-order chi connectivity index (χ0) is 13.4. The Morgan fingerprint density at radius 1 is 1.28 bits per heavy atom. The maximum atomic E-state index is 11.5. The van der Waals surface area contributed by atoms with Crippen LogP contribution in [-0.2, 0) is 14.3 Å². The van der Waals surface area contributed by atoms with Crippen LogP contribution >= 0.6 is 35.3 Å². The predicted molar refractivity (Wildman–Crippen MR) is 78.3 cm³/mol. The van der Waals surface area contributed by atoms with E-state index in [9.17, 15) is 9.59 Å². The van der Waals surface area contributed by atoms with Gasteiger partial charge in [-0.1, -0.05) is 6.58 Å². The van der Waals surface area contributed by atoms with Crippen LogP contribution in [0.3, 0.4) is 0 Å². The minimum absolute atomic E-state index is 0.0756. The van der Waals surface area contributed by atoms with Crippen molar-refractivity contribution in [1.29, 1.82) is 0 Å². The Labute approximate surface area is 120 Å². The summed E-state index contributed by atoms with van der Waals surface area (Å²) >= 11 is 4.90. The van der Waals surface area contributed by atoms with Crippen LogP contribution < -0.4 is 0 Å². The second kappa shape index (κ2) is 8.77. The fourth-order valence-corrected chi connectivity index (χ4v) is 4.78. The Morgan fingerprint density at radius 3 is 2.50 bits per heavy atom. The highest BCUT2D eigenvalue weighted by Crippen LogP contribution is 2.29. The lowest BCUT2D eigenvalue weighted by atomic mass is 10.4. The molecule has 4 nitrogen and oxygen atoms in total. The molecule has 0 N–H and O–H groups in total. The van der Waals surface area contributed by atoms with Gasteiger partial charge in [-0.25, -0.2) is 9.59 Å². The van der Waals surface area contributed by atoms with E-state index in [0.29, 0.717) is 10.8 Å². The monoisotopic (exact) mass is 308 g/mol. The Kier molecular flexibility index (Phi) is 7.69. The fourth-order valence-electron chi connectivity index (χ4n) is 1.09. The molecule has 1 saturated heterocycles. The summed E-state index contributed by atoms with van der Waals surface area (Å²) < 4.78 is 9.78. The number of carbonyl (C=O) groups is 2. The zero-order valence-corrected chi connectivity index (χ0v) is 12.6. The molecule has 0 saturated carbocycles. The van der Waals surface area contributed by atoms with E-state index in [2.05, 4.69) is 6.58 Å². The van der Waals surface area contributed by atoms with E-state index in [4.69, 9.17) is 9.47 Å². The molecule has 0 aliphatic carbocycles. The molecule has 1 aliphatic heterocycles. The van der Waals surface area contributed by atoms with E-state index < -0.39 is 5.97 Å². The van der Waals surface area contributed by atoms with E-state index >= 15 is 0 Å². The largest absolute Gasteiger partial charge is 0.459 e. The summed E-state index contributed by atoms with van der Waals surface area (Å²) in [5, 5.41) is 1.12. The first-order valence-electron chi connectivity index (χ1n) is 5.41. The van der Waals surface area contributed by atoms with Crippen LogP contribution in [0.25, 0.3) is 0 Å². The van der Waals surface area contributed by atoms with Crippen LogP contribution in [0.1, 0.15) is 6.92 Å². The molecule has 0 atom stereocenters. The predicted octanol–water partition coefficient (Wildman–Crippen LogP) is 2.78. The molecule has 0 radical (unpaired) electrons. The molecular formula is C11H16O4S3. The van der Waals surface area contributed by atoms with Crippen molar-refractivity contribution in [2.75, 3.05) is 29.8 Å². The molecule has 102 valence electrons. The molecule has 0 unspecified atom stereocenters. The van der Waals surface area contributed by atoms with Gasteiger partial charge in [0, 0.05) is 27.4 Å².